The van der Waals surface area contributed by atoms with Crippen LogP contribution in [0.2, 0.25) is 0 Å². The number of nitrogens with zero attached hydrogens (tertiary/aromatic N) is 4. The number of aryl methyl sites for hydroxylation is 2. The molecule has 0 spiro atoms. The molecule has 2 fully saturated rings. The molecule has 1 aromatic heterocycles. The number of hydrogen-bond acceptors (Lipinski definition) is 6. The number of benzene rings is 2. The highest BCUT2D eigenvalue weighted by Crippen LogP contribution is 2.36. The maximum absolute atomic E-state index is 13.2. The van der Waals surface area contributed by atoms with E-state index in [-0.39, 0.29) is 17.4 Å². The fourth-order valence-electron chi connectivity index (χ4n) is 6.76. The molecule has 214 valence electrons. The van der Waals surface area contributed by atoms with Gasteiger partial charge in [-0.05, 0) is 92.2 Å². The van der Waals surface area contributed by atoms with Crippen LogP contribution in [0.5, 0.6) is 11.5 Å². The van der Waals surface area contributed by atoms with Crippen molar-refractivity contribution >= 4 is 22.7 Å². The second-order valence-electron chi connectivity index (χ2n) is 12.0. The highest BCUT2D eigenvalue weighted by molar-refractivity contribution is 5.97. The lowest BCUT2D eigenvalue weighted by molar-refractivity contribution is -0.120. The third-order valence-corrected chi connectivity index (χ3v) is 9.12. The van der Waals surface area contributed by atoms with E-state index in [9.17, 15) is 19.8 Å². The molecule has 2 N–H and O–H groups in total. The molecule has 1 amide bonds. The van der Waals surface area contributed by atoms with Gasteiger partial charge in [0.1, 0.15) is 11.3 Å². The van der Waals surface area contributed by atoms with Crippen LogP contribution in [-0.2, 0) is 18.3 Å². The minimum absolute atomic E-state index is 0.0948. The lowest BCUT2D eigenvalue weighted by Crippen LogP contribution is -2.32. The molecule has 3 unspecified atom stereocenters. The van der Waals surface area contributed by atoms with Crippen molar-refractivity contribution in [2.45, 2.75) is 77.0 Å². The lowest BCUT2D eigenvalue weighted by atomic mass is 9.85. The van der Waals surface area contributed by atoms with E-state index in [4.69, 9.17) is 0 Å². The number of amides is 1. The van der Waals surface area contributed by atoms with Crippen LogP contribution in [0.1, 0.15) is 86.6 Å². The number of Topliss-reactive ketones (excluding diaryl/α,β-unsaturated/α-hetero) is 1. The lowest BCUT2D eigenvalue weighted by Gasteiger charge is -2.23. The fraction of sp³-hybridized carbons (Fsp3) is 0.562. The Morgan fingerprint density at radius 1 is 0.875 bits per heavy atom. The zero-order valence-corrected chi connectivity index (χ0v) is 23.6. The van der Waals surface area contributed by atoms with Gasteiger partial charge in [-0.15, -0.1) is 5.10 Å². The van der Waals surface area contributed by atoms with E-state index in [1.165, 1.54) is 38.2 Å². The molecule has 2 aliphatic rings. The molecule has 3 atom stereocenters. The van der Waals surface area contributed by atoms with Crippen molar-refractivity contribution in [1.29, 1.82) is 0 Å². The van der Waals surface area contributed by atoms with Crippen LogP contribution in [0.15, 0.2) is 36.4 Å². The number of hydrogen-bond donors (Lipinski definition) is 2. The molecule has 8 heteroatoms. The standard InChI is InChI=1S/C32H42N4O4/c1-35-29-13-11-26(21-28(29)33-34-35)32(40)36-16-3-6-24(15-17-36)18-22-4-2-5-23(8-7-22)19-27(37)12-9-25-10-14-30(38)31(39)20-25/h10-11,13-14,20-24,38-39H,2-9,12,15-19H2,1H3. The van der Waals surface area contributed by atoms with Crippen molar-refractivity contribution in [1.82, 2.24) is 19.9 Å². The summed E-state index contributed by atoms with van der Waals surface area (Å²) in [7, 11) is 1.86. The van der Waals surface area contributed by atoms with Gasteiger partial charge in [-0.2, -0.15) is 0 Å². The molecule has 0 bridgehead atoms. The Labute approximate surface area is 236 Å². The van der Waals surface area contributed by atoms with E-state index >= 15 is 0 Å². The summed E-state index contributed by atoms with van der Waals surface area (Å²) in [5.41, 5.74) is 3.25. The maximum atomic E-state index is 13.2. The minimum Gasteiger partial charge on any atom is -0.504 e. The molecule has 1 saturated heterocycles. The van der Waals surface area contributed by atoms with E-state index in [1.54, 1.807) is 16.8 Å². The molecule has 0 radical (unpaired) electrons. The Balaban J connectivity index is 1.05. The van der Waals surface area contributed by atoms with Crippen molar-refractivity contribution in [2.24, 2.45) is 24.8 Å². The number of phenolic OH excluding ortho intramolecular Hbond substituents is 2. The molecule has 40 heavy (non-hydrogen) atoms. The number of likely N-dealkylation sites (tertiary alicyclic amines) is 1. The summed E-state index contributed by atoms with van der Waals surface area (Å²) < 4.78 is 1.72. The van der Waals surface area contributed by atoms with Gasteiger partial charge in [-0.25, -0.2) is 4.68 Å². The van der Waals surface area contributed by atoms with Crippen LogP contribution in [0.4, 0.5) is 0 Å². The number of ketones is 1. The van der Waals surface area contributed by atoms with Gasteiger partial charge in [0.15, 0.2) is 11.5 Å². The Hall–Kier alpha value is -3.42. The first kappa shape index (κ1) is 28.1. The first-order valence-corrected chi connectivity index (χ1v) is 15.0. The zero-order chi connectivity index (χ0) is 28.1. The quantitative estimate of drug-likeness (QED) is 0.273. The van der Waals surface area contributed by atoms with Gasteiger partial charge in [0.25, 0.3) is 5.91 Å². The van der Waals surface area contributed by atoms with Crippen molar-refractivity contribution in [2.75, 3.05) is 13.1 Å². The molecule has 5 rings (SSSR count). The first-order valence-electron chi connectivity index (χ1n) is 15.0. The maximum Gasteiger partial charge on any atom is 0.253 e. The topological polar surface area (TPSA) is 109 Å². The van der Waals surface area contributed by atoms with Crippen molar-refractivity contribution in [3.8, 4) is 11.5 Å². The number of fused-ring (bicyclic) bond motifs is 1. The normalized spacial score (nSPS) is 22.1. The number of carbonyl (C=O) groups excluding carboxylic acids is 2. The van der Waals surface area contributed by atoms with Crippen LogP contribution in [-0.4, -0.2) is 54.9 Å². The van der Waals surface area contributed by atoms with Gasteiger partial charge < -0.3 is 15.1 Å². The summed E-state index contributed by atoms with van der Waals surface area (Å²) in [5.74, 6) is 1.97. The number of aromatic nitrogens is 3. The summed E-state index contributed by atoms with van der Waals surface area (Å²) in [5, 5.41) is 27.4. The molecule has 8 nitrogen and oxygen atoms in total. The summed E-state index contributed by atoms with van der Waals surface area (Å²) in [6, 6.07) is 10.5. The molecule has 2 aromatic carbocycles. The Kier molecular flexibility index (Phi) is 9.02. The fourth-order valence-corrected chi connectivity index (χ4v) is 6.76. The second kappa shape index (κ2) is 12.8. The van der Waals surface area contributed by atoms with Crippen LogP contribution in [0, 0.1) is 17.8 Å². The van der Waals surface area contributed by atoms with Gasteiger partial charge in [0, 0.05) is 38.5 Å². The van der Waals surface area contributed by atoms with Crippen LogP contribution in [0.25, 0.3) is 11.0 Å². The van der Waals surface area contributed by atoms with Gasteiger partial charge in [0.05, 0.1) is 5.52 Å². The number of aromatic hydroxyl groups is 2. The van der Waals surface area contributed by atoms with E-state index < -0.39 is 0 Å². The van der Waals surface area contributed by atoms with Crippen LogP contribution in [0.3, 0.4) is 0 Å². The highest BCUT2D eigenvalue weighted by atomic mass is 16.3. The van der Waals surface area contributed by atoms with Gasteiger partial charge in [0.2, 0.25) is 0 Å². The molecule has 3 aromatic rings. The number of carbonyl (C=O) groups is 2. The molecule has 2 heterocycles. The zero-order valence-electron chi connectivity index (χ0n) is 23.6. The van der Waals surface area contributed by atoms with Crippen LogP contribution < -0.4 is 0 Å². The highest BCUT2D eigenvalue weighted by Gasteiger charge is 2.26. The van der Waals surface area contributed by atoms with Crippen molar-refractivity contribution < 1.29 is 19.8 Å². The van der Waals surface area contributed by atoms with Gasteiger partial charge in [-0.1, -0.05) is 37.0 Å². The number of rotatable bonds is 8. The van der Waals surface area contributed by atoms with Crippen molar-refractivity contribution in [3.05, 3.63) is 47.5 Å². The average molecular weight is 547 g/mol. The number of phenols is 2. The summed E-state index contributed by atoms with van der Waals surface area (Å²) >= 11 is 0. The first-order chi connectivity index (χ1) is 19.4. The van der Waals surface area contributed by atoms with Gasteiger partial charge >= 0.3 is 0 Å². The van der Waals surface area contributed by atoms with E-state index in [0.717, 1.165) is 55.4 Å². The largest absolute Gasteiger partial charge is 0.504 e. The Bertz CT molecular complexity index is 1340. The molecular formula is C32H42N4O4. The Morgan fingerprint density at radius 3 is 2.50 bits per heavy atom. The second-order valence-corrected chi connectivity index (χ2v) is 12.0. The Morgan fingerprint density at radius 2 is 1.65 bits per heavy atom. The third-order valence-electron chi connectivity index (χ3n) is 9.12. The predicted octanol–water partition coefficient (Wildman–Crippen LogP) is 5.80. The van der Waals surface area contributed by atoms with E-state index in [0.29, 0.717) is 48.4 Å². The summed E-state index contributed by atoms with van der Waals surface area (Å²) in [4.78, 5) is 28.0. The molecule has 1 saturated carbocycles. The van der Waals surface area contributed by atoms with E-state index in [1.807, 2.05) is 30.1 Å². The van der Waals surface area contributed by atoms with Gasteiger partial charge in [-0.3, -0.25) is 9.59 Å². The predicted molar refractivity (Wildman–Crippen MR) is 154 cm³/mol. The summed E-state index contributed by atoms with van der Waals surface area (Å²) in [6.07, 6.45) is 12.1. The third kappa shape index (κ3) is 7.01. The smallest absolute Gasteiger partial charge is 0.253 e. The molecular weight excluding hydrogens is 504 g/mol. The van der Waals surface area contributed by atoms with Crippen LogP contribution >= 0.6 is 0 Å². The summed E-state index contributed by atoms with van der Waals surface area (Å²) in [6.45, 7) is 1.62. The van der Waals surface area contributed by atoms with E-state index in [2.05, 4.69) is 10.3 Å². The SMILES string of the molecule is Cn1nnc2cc(C(=O)N3CCCC(CC4CCCC(CC(=O)CCc5ccc(O)c(O)c5)CC4)CC3)ccc21. The average Bonchev–Trinajstić information content (AvgIpc) is 3.10. The minimum atomic E-state index is -0.131. The van der Waals surface area contributed by atoms with Crippen molar-refractivity contribution in [3.63, 3.8) is 0 Å². The molecule has 1 aliphatic carbocycles. The molecule has 1 aliphatic heterocycles. The monoisotopic (exact) mass is 546 g/mol.